The minimum absolute atomic E-state index is 0. The Bertz CT molecular complexity index is 1740. The van der Waals surface area contributed by atoms with E-state index in [1.165, 1.54) is 6.07 Å². The van der Waals surface area contributed by atoms with Crippen LogP contribution in [0.15, 0.2) is 118 Å². The Morgan fingerprint density at radius 2 is 1.43 bits per heavy atom. The first-order valence-corrected chi connectivity index (χ1v) is 12.2. The number of hydrogen-bond acceptors (Lipinski definition) is 7. The summed E-state index contributed by atoms with van der Waals surface area (Å²) in [6, 6.07) is 28.3. The Hall–Kier alpha value is -4.85. The maximum absolute atomic E-state index is 12.5. The van der Waals surface area contributed by atoms with E-state index in [1.54, 1.807) is 61.5 Å². The van der Waals surface area contributed by atoms with Gasteiger partial charge < -0.3 is 15.5 Å². The number of phenolic OH excluding ortho intramolecular Hbond substituents is 2. The molecule has 0 bridgehead atoms. The molecule has 9 heteroatoms. The van der Waals surface area contributed by atoms with Gasteiger partial charge in [0.15, 0.2) is 5.75 Å². The van der Waals surface area contributed by atoms with Gasteiger partial charge in [0.1, 0.15) is 17.1 Å². The summed E-state index contributed by atoms with van der Waals surface area (Å²) in [5.41, 5.74) is 4.65. The summed E-state index contributed by atoms with van der Waals surface area (Å²) in [5, 5.41) is 42.3. The SMILES string of the molecule is Cc1ccc(N=Nc2ccc(N=Nc3c(C)cc4cc(NC(=O)c5ccccc5)ccc4c3O)c(O)c2)cc1.[Cu]. The number of aromatic hydroxyl groups is 2. The summed E-state index contributed by atoms with van der Waals surface area (Å²) in [6.07, 6.45) is 0. The van der Waals surface area contributed by atoms with E-state index in [-0.39, 0.29) is 45.8 Å². The van der Waals surface area contributed by atoms with Crippen LogP contribution < -0.4 is 5.32 Å². The van der Waals surface area contributed by atoms with E-state index in [0.717, 1.165) is 10.9 Å². The smallest absolute Gasteiger partial charge is 0.255 e. The number of rotatable bonds is 6. The molecule has 0 spiro atoms. The van der Waals surface area contributed by atoms with Gasteiger partial charge in [-0.05, 0) is 85.5 Å². The molecule has 40 heavy (non-hydrogen) atoms. The average Bonchev–Trinajstić information content (AvgIpc) is 2.94. The van der Waals surface area contributed by atoms with Gasteiger partial charge in [-0.3, -0.25) is 4.79 Å². The molecule has 0 aliphatic heterocycles. The van der Waals surface area contributed by atoms with Crippen LogP contribution in [0.25, 0.3) is 10.8 Å². The largest absolute Gasteiger partial charge is 0.506 e. The van der Waals surface area contributed by atoms with Crippen LogP contribution in [0.3, 0.4) is 0 Å². The van der Waals surface area contributed by atoms with Gasteiger partial charge in [0.2, 0.25) is 0 Å². The second-order valence-electron chi connectivity index (χ2n) is 9.06. The minimum atomic E-state index is -0.219. The van der Waals surface area contributed by atoms with Gasteiger partial charge in [-0.15, -0.1) is 10.2 Å². The number of phenols is 2. The van der Waals surface area contributed by atoms with Crippen molar-refractivity contribution in [1.82, 2.24) is 0 Å². The Morgan fingerprint density at radius 3 is 2.15 bits per heavy atom. The summed E-state index contributed by atoms with van der Waals surface area (Å²) in [5.74, 6) is -0.378. The van der Waals surface area contributed by atoms with Crippen molar-refractivity contribution in [3.63, 3.8) is 0 Å². The molecule has 8 nitrogen and oxygen atoms in total. The third kappa shape index (κ3) is 6.40. The standard InChI is InChI=1S/C31H25N5O3.Cu/c1-19-8-10-23(11-9-19)33-34-25-13-15-27(28(37)18-25)35-36-29-20(2)16-22-17-24(12-14-26(22)30(29)38)32-31(39)21-6-4-3-5-7-21;/h3-18,37-38H,1-2H3,(H,32,39);. The monoisotopic (exact) mass is 578 g/mol. The maximum atomic E-state index is 12.5. The second kappa shape index (κ2) is 12.3. The number of nitrogens with one attached hydrogen (secondary N) is 1. The number of aryl methyl sites for hydroxylation is 2. The van der Waals surface area contributed by atoms with Gasteiger partial charge in [-0.2, -0.15) is 10.2 Å². The Kier molecular flexibility index (Phi) is 8.69. The molecule has 1 amide bonds. The van der Waals surface area contributed by atoms with E-state index in [1.807, 2.05) is 43.3 Å². The molecule has 0 aliphatic rings. The summed E-state index contributed by atoms with van der Waals surface area (Å²) in [4.78, 5) is 12.5. The third-order valence-corrected chi connectivity index (χ3v) is 6.10. The number of anilines is 1. The van der Waals surface area contributed by atoms with Crippen LogP contribution in [0.1, 0.15) is 21.5 Å². The molecule has 0 fully saturated rings. The fraction of sp³-hybridized carbons (Fsp3) is 0.0645. The van der Waals surface area contributed by atoms with Crippen LogP contribution in [0, 0.1) is 13.8 Å². The van der Waals surface area contributed by atoms with Crippen LogP contribution in [-0.4, -0.2) is 16.1 Å². The first kappa shape index (κ1) is 28.2. The van der Waals surface area contributed by atoms with Crippen molar-refractivity contribution in [2.45, 2.75) is 13.8 Å². The predicted octanol–water partition coefficient (Wildman–Crippen LogP) is 8.95. The quantitative estimate of drug-likeness (QED) is 0.138. The van der Waals surface area contributed by atoms with Crippen molar-refractivity contribution in [2.75, 3.05) is 5.32 Å². The number of azo groups is 2. The number of carbonyl (C=O) groups excluding carboxylic acids is 1. The molecule has 5 aromatic rings. The number of benzene rings is 5. The zero-order valence-corrected chi connectivity index (χ0v) is 22.6. The van der Waals surface area contributed by atoms with Crippen molar-refractivity contribution >= 4 is 45.1 Å². The summed E-state index contributed by atoms with van der Waals surface area (Å²) in [7, 11) is 0. The molecule has 0 aromatic heterocycles. The van der Waals surface area contributed by atoms with E-state index in [4.69, 9.17) is 0 Å². The molecular formula is C31H25CuN5O3. The van der Waals surface area contributed by atoms with Crippen molar-refractivity contribution in [3.05, 3.63) is 114 Å². The van der Waals surface area contributed by atoms with E-state index >= 15 is 0 Å². The molecule has 0 heterocycles. The third-order valence-electron chi connectivity index (χ3n) is 6.10. The second-order valence-corrected chi connectivity index (χ2v) is 9.06. The van der Waals surface area contributed by atoms with Crippen molar-refractivity contribution < 1.29 is 32.1 Å². The van der Waals surface area contributed by atoms with Gasteiger partial charge in [-0.1, -0.05) is 35.9 Å². The number of carbonyl (C=O) groups is 1. The molecule has 0 saturated carbocycles. The van der Waals surface area contributed by atoms with Gasteiger partial charge in [0.05, 0.1) is 11.4 Å². The predicted molar refractivity (Wildman–Crippen MR) is 152 cm³/mol. The normalized spacial score (nSPS) is 11.2. The van der Waals surface area contributed by atoms with E-state index in [2.05, 4.69) is 25.8 Å². The molecule has 5 aromatic carbocycles. The molecule has 0 unspecified atom stereocenters. The van der Waals surface area contributed by atoms with Crippen LogP contribution in [-0.2, 0) is 17.1 Å². The Balaban J connectivity index is 0.00000370. The number of hydrogen-bond donors (Lipinski definition) is 3. The topological polar surface area (TPSA) is 119 Å². The molecule has 3 N–H and O–H groups in total. The van der Waals surface area contributed by atoms with Crippen LogP contribution in [0.2, 0.25) is 0 Å². The van der Waals surface area contributed by atoms with Crippen LogP contribution >= 0.6 is 0 Å². The van der Waals surface area contributed by atoms with Gasteiger partial charge in [0.25, 0.3) is 5.91 Å². The number of fused-ring (bicyclic) bond motifs is 1. The number of nitrogens with zero attached hydrogens (tertiary/aromatic N) is 4. The Morgan fingerprint density at radius 1 is 0.725 bits per heavy atom. The molecular weight excluding hydrogens is 554 g/mol. The molecule has 203 valence electrons. The molecule has 1 radical (unpaired) electrons. The van der Waals surface area contributed by atoms with Gasteiger partial charge >= 0.3 is 0 Å². The molecule has 0 atom stereocenters. The fourth-order valence-electron chi connectivity index (χ4n) is 4.00. The van der Waals surface area contributed by atoms with Crippen LogP contribution in [0.4, 0.5) is 28.4 Å². The van der Waals surface area contributed by atoms with E-state index in [9.17, 15) is 15.0 Å². The fourth-order valence-corrected chi connectivity index (χ4v) is 4.00. The van der Waals surface area contributed by atoms with E-state index in [0.29, 0.717) is 33.6 Å². The zero-order chi connectivity index (χ0) is 27.4. The first-order valence-electron chi connectivity index (χ1n) is 12.2. The van der Waals surface area contributed by atoms with Crippen molar-refractivity contribution in [1.29, 1.82) is 0 Å². The van der Waals surface area contributed by atoms with E-state index < -0.39 is 0 Å². The van der Waals surface area contributed by atoms with Gasteiger partial charge in [-0.25, -0.2) is 0 Å². The average molecular weight is 579 g/mol. The Labute approximate surface area is 241 Å². The summed E-state index contributed by atoms with van der Waals surface area (Å²) in [6.45, 7) is 3.80. The first-order chi connectivity index (χ1) is 18.9. The minimum Gasteiger partial charge on any atom is -0.506 e. The summed E-state index contributed by atoms with van der Waals surface area (Å²) >= 11 is 0. The zero-order valence-electron chi connectivity index (χ0n) is 21.6. The maximum Gasteiger partial charge on any atom is 0.255 e. The van der Waals surface area contributed by atoms with Crippen molar-refractivity contribution in [3.8, 4) is 11.5 Å². The molecule has 0 saturated heterocycles. The van der Waals surface area contributed by atoms with Gasteiger partial charge in [0, 0.05) is 39.8 Å². The van der Waals surface area contributed by atoms with Crippen molar-refractivity contribution in [2.24, 2.45) is 20.5 Å². The van der Waals surface area contributed by atoms with Crippen LogP contribution in [0.5, 0.6) is 11.5 Å². The molecule has 0 aliphatic carbocycles. The summed E-state index contributed by atoms with van der Waals surface area (Å²) < 4.78 is 0. The molecule has 5 rings (SSSR count). The number of amides is 1.